The third kappa shape index (κ3) is 4.79. The van der Waals surface area contributed by atoms with E-state index in [9.17, 15) is 13.2 Å². The van der Waals surface area contributed by atoms with E-state index in [0.717, 1.165) is 19.3 Å². The molecule has 2 aromatic carbocycles. The van der Waals surface area contributed by atoms with Crippen molar-refractivity contribution >= 4 is 21.6 Å². The molecule has 156 valence electrons. The van der Waals surface area contributed by atoms with Crippen molar-refractivity contribution in [3.63, 3.8) is 0 Å². The van der Waals surface area contributed by atoms with Gasteiger partial charge in [-0.2, -0.15) is 4.31 Å². The number of carbonyl (C=O) groups excluding carboxylic acids is 1. The molecule has 0 aliphatic heterocycles. The number of carbonyl (C=O) groups is 1. The van der Waals surface area contributed by atoms with Crippen LogP contribution in [0.4, 0.5) is 5.69 Å². The van der Waals surface area contributed by atoms with Gasteiger partial charge in [0.15, 0.2) is 6.61 Å². The van der Waals surface area contributed by atoms with Gasteiger partial charge in [-0.05, 0) is 67.1 Å². The SMILES string of the molecule is CCN(CC)S(=O)(=O)c1cc(NC(=O)COc2ccc3c(c2)CCC3)ccc1C. The maximum absolute atomic E-state index is 12.8. The van der Waals surface area contributed by atoms with Crippen molar-refractivity contribution in [2.75, 3.05) is 25.0 Å². The summed E-state index contributed by atoms with van der Waals surface area (Å²) in [4.78, 5) is 12.5. The summed E-state index contributed by atoms with van der Waals surface area (Å²) in [5.41, 5.74) is 3.71. The number of sulfonamides is 1. The maximum atomic E-state index is 12.8. The first kappa shape index (κ1) is 21.3. The number of nitrogens with zero attached hydrogens (tertiary/aromatic N) is 1. The number of rotatable bonds is 8. The Hall–Kier alpha value is -2.38. The molecule has 0 spiro atoms. The molecule has 0 unspecified atom stereocenters. The van der Waals surface area contributed by atoms with Crippen molar-refractivity contribution in [2.24, 2.45) is 0 Å². The molecule has 6 nitrogen and oxygen atoms in total. The highest BCUT2D eigenvalue weighted by atomic mass is 32.2. The Morgan fingerprint density at radius 3 is 2.52 bits per heavy atom. The molecular formula is C22H28N2O4S. The summed E-state index contributed by atoms with van der Waals surface area (Å²) in [6, 6.07) is 10.8. The fourth-order valence-electron chi connectivity index (χ4n) is 3.64. The van der Waals surface area contributed by atoms with Crippen LogP contribution in [0.15, 0.2) is 41.3 Å². The average molecular weight is 417 g/mol. The number of benzene rings is 2. The predicted molar refractivity (Wildman–Crippen MR) is 114 cm³/mol. The molecule has 3 rings (SSSR count). The Bertz CT molecular complexity index is 998. The Morgan fingerprint density at radius 1 is 1.07 bits per heavy atom. The van der Waals surface area contributed by atoms with Gasteiger partial charge >= 0.3 is 0 Å². The first-order valence-corrected chi connectivity index (χ1v) is 11.4. The highest BCUT2D eigenvalue weighted by Crippen LogP contribution is 2.26. The third-order valence-electron chi connectivity index (χ3n) is 5.24. The van der Waals surface area contributed by atoms with Gasteiger partial charge in [0, 0.05) is 18.8 Å². The van der Waals surface area contributed by atoms with Gasteiger partial charge in [0.2, 0.25) is 10.0 Å². The highest BCUT2D eigenvalue weighted by Gasteiger charge is 2.24. The summed E-state index contributed by atoms with van der Waals surface area (Å²) < 4.78 is 32.7. The number of aryl methyl sites for hydroxylation is 3. The summed E-state index contributed by atoms with van der Waals surface area (Å²) >= 11 is 0. The molecule has 0 saturated carbocycles. The van der Waals surface area contributed by atoms with Crippen molar-refractivity contribution in [3.8, 4) is 5.75 Å². The van der Waals surface area contributed by atoms with Crippen LogP contribution in [0.1, 0.15) is 37.0 Å². The Morgan fingerprint density at radius 2 is 1.79 bits per heavy atom. The van der Waals surface area contributed by atoms with Crippen LogP contribution >= 0.6 is 0 Å². The second kappa shape index (κ2) is 8.97. The van der Waals surface area contributed by atoms with Crippen molar-refractivity contribution in [1.82, 2.24) is 4.31 Å². The standard InChI is InChI=1S/C22H28N2O4S/c1-4-24(5-2)29(26,27)21-14-19(11-9-16(21)3)23-22(25)15-28-20-12-10-17-7-6-8-18(17)13-20/h9-14H,4-8,15H2,1-3H3,(H,23,25). The molecule has 2 aromatic rings. The van der Waals surface area contributed by atoms with Crippen LogP contribution in [0.5, 0.6) is 5.75 Å². The van der Waals surface area contributed by atoms with Gasteiger partial charge in [-0.15, -0.1) is 0 Å². The summed E-state index contributed by atoms with van der Waals surface area (Å²) in [5, 5.41) is 2.73. The van der Waals surface area contributed by atoms with Gasteiger partial charge in [0.05, 0.1) is 4.90 Å². The summed E-state index contributed by atoms with van der Waals surface area (Å²) in [6.07, 6.45) is 3.31. The molecular weight excluding hydrogens is 388 g/mol. The normalized spacial score (nSPS) is 13.4. The molecule has 0 aromatic heterocycles. The molecule has 7 heteroatoms. The van der Waals surface area contributed by atoms with Gasteiger partial charge in [-0.1, -0.05) is 26.0 Å². The topological polar surface area (TPSA) is 75.7 Å². The van der Waals surface area contributed by atoms with Crippen LogP contribution in [-0.2, 0) is 27.7 Å². The quantitative estimate of drug-likeness (QED) is 0.714. The third-order valence-corrected chi connectivity index (χ3v) is 7.43. The molecule has 0 fully saturated rings. The van der Waals surface area contributed by atoms with Crippen LogP contribution in [0.3, 0.4) is 0 Å². The number of anilines is 1. The summed E-state index contributed by atoms with van der Waals surface area (Å²) in [5.74, 6) is 0.343. The van der Waals surface area contributed by atoms with Gasteiger partial charge in [-0.3, -0.25) is 4.79 Å². The van der Waals surface area contributed by atoms with Crippen LogP contribution in [0, 0.1) is 6.92 Å². The summed E-state index contributed by atoms with van der Waals surface area (Å²) in [6.45, 7) is 6.01. The minimum Gasteiger partial charge on any atom is -0.484 e. The van der Waals surface area contributed by atoms with Crippen LogP contribution in [-0.4, -0.2) is 38.3 Å². The monoisotopic (exact) mass is 416 g/mol. The molecule has 1 N–H and O–H groups in total. The van der Waals surface area contributed by atoms with Crippen molar-refractivity contribution in [2.45, 2.75) is 44.9 Å². The van der Waals surface area contributed by atoms with Gasteiger partial charge in [0.1, 0.15) is 5.75 Å². The lowest BCUT2D eigenvalue weighted by Crippen LogP contribution is -2.31. The number of amides is 1. The first-order valence-electron chi connectivity index (χ1n) is 10.0. The van der Waals surface area contributed by atoms with E-state index in [1.807, 2.05) is 12.1 Å². The molecule has 0 radical (unpaired) electrons. The van der Waals surface area contributed by atoms with E-state index in [0.29, 0.717) is 30.1 Å². The molecule has 0 bridgehead atoms. The number of fused-ring (bicyclic) bond motifs is 1. The Kier molecular flexibility index (Phi) is 6.59. The van der Waals surface area contributed by atoms with Crippen LogP contribution in [0.2, 0.25) is 0 Å². The molecule has 0 atom stereocenters. The lowest BCUT2D eigenvalue weighted by Gasteiger charge is -2.20. The van der Waals surface area contributed by atoms with E-state index in [2.05, 4.69) is 11.4 Å². The zero-order valence-corrected chi connectivity index (χ0v) is 18.0. The zero-order valence-electron chi connectivity index (χ0n) is 17.2. The summed E-state index contributed by atoms with van der Waals surface area (Å²) in [7, 11) is -3.60. The average Bonchev–Trinajstić information content (AvgIpc) is 3.16. The van der Waals surface area contributed by atoms with E-state index < -0.39 is 10.0 Å². The fraction of sp³-hybridized carbons (Fsp3) is 0.409. The smallest absolute Gasteiger partial charge is 0.262 e. The van der Waals surface area contributed by atoms with E-state index in [1.54, 1.807) is 32.9 Å². The number of hydrogen-bond donors (Lipinski definition) is 1. The van der Waals surface area contributed by atoms with Crippen molar-refractivity contribution in [1.29, 1.82) is 0 Å². The van der Waals surface area contributed by atoms with Crippen LogP contribution in [0.25, 0.3) is 0 Å². The maximum Gasteiger partial charge on any atom is 0.262 e. The van der Waals surface area contributed by atoms with Gasteiger partial charge < -0.3 is 10.1 Å². The molecule has 29 heavy (non-hydrogen) atoms. The fourth-order valence-corrected chi connectivity index (χ4v) is 5.35. The predicted octanol–water partition coefficient (Wildman–Crippen LogP) is 3.53. The van der Waals surface area contributed by atoms with E-state index in [-0.39, 0.29) is 17.4 Å². The molecule has 0 heterocycles. The molecule has 1 aliphatic rings. The molecule has 1 aliphatic carbocycles. The van der Waals surface area contributed by atoms with Crippen LogP contribution < -0.4 is 10.1 Å². The lowest BCUT2D eigenvalue weighted by molar-refractivity contribution is -0.118. The number of hydrogen-bond acceptors (Lipinski definition) is 4. The van der Waals surface area contributed by atoms with E-state index in [4.69, 9.17) is 4.74 Å². The number of ether oxygens (including phenoxy) is 1. The largest absolute Gasteiger partial charge is 0.484 e. The highest BCUT2D eigenvalue weighted by molar-refractivity contribution is 7.89. The first-order chi connectivity index (χ1) is 13.8. The second-order valence-corrected chi connectivity index (χ2v) is 9.10. The van der Waals surface area contributed by atoms with Crippen molar-refractivity contribution in [3.05, 3.63) is 53.1 Å². The van der Waals surface area contributed by atoms with E-state index in [1.165, 1.54) is 21.5 Å². The minimum absolute atomic E-state index is 0.134. The molecule has 0 saturated heterocycles. The minimum atomic E-state index is -3.60. The Labute approximate surface area is 172 Å². The zero-order chi connectivity index (χ0) is 21.0. The molecule has 1 amide bonds. The Balaban J connectivity index is 1.68. The van der Waals surface area contributed by atoms with E-state index >= 15 is 0 Å². The lowest BCUT2D eigenvalue weighted by atomic mass is 10.1. The van der Waals surface area contributed by atoms with Crippen molar-refractivity contribution < 1.29 is 17.9 Å². The van der Waals surface area contributed by atoms with Gasteiger partial charge in [-0.25, -0.2) is 8.42 Å². The van der Waals surface area contributed by atoms with Gasteiger partial charge in [0.25, 0.3) is 5.91 Å². The number of nitrogens with one attached hydrogen (secondary N) is 1. The second-order valence-electron chi connectivity index (χ2n) is 7.19.